The summed E-state index contributed by atoms with van der Waals surface area (Å²) in [6.07, 6.45) is 0. The second-order valence-corrected chi connectivity index (χ2v) is 7.20. The molecule has 0 heterocycles. The van der Waals surface area contributed by atoms with E-state index in [1.54, 1.807) is 6.07 Å². The van der Waals surface area contributed by atoms with Crippen LogP contribution < -0.4 is 0 Å². The van der Waals surface area contributed by atoms with Crippen LogP contribution in [0.1, 0.15) is 31.1 Å². The van der Waals surface area contributed by atoms with Gasteiger partial charge >= 0.3 is 0 Å². The molecule has 0 atom stereocenters. The average molecular weight is 285 g/mol. The van der Waals surface area contributed by atoms with Crippen molar-refractivity contribution in [2.24, 2.45) is 0 Å². The van der Waals surface area contributed by atoms with Crippen LogP contribution in [0.15, 0.2) is 29.2 Å². The molecule has 0 aliphatic rings. The number of hydrogen-bond acceptors (Lipinski definition) is 4. The monoisotopic (exact) mass is 285 g/mol. The van der Waals surface area contributed by atoms with Crippen LogP contribution in [0.25, 0.3) is 0 Å². The standard InChI is InChI=1S/C13H19NO4S/c1-10(15)11-6-5-7-12(8-11)19(17,18)14(4)9-13(2,3)16/h5-8,16H,9H2,1-4H3. The fraction of sp³-hybridized carbons (Fsp3) is 0.462. The highest BCUT2D eigenvalue weighted by Crippen LogP contribution is 2.18. The second kappa shape index (κ2) is 5.40. The Morgan fingerprint density at radius 3 is 2.42 bits per heavy atom. The van der Waals surface area contributed by atoms with Crippen molar-refractivity contribution in [1.29, 1.82) is 0 Å². The zero-order valence-corrected chi connectivity index (χ0v) is 12.4. The van der Waals surface area contributed by atoms with E-state index >= 15 is 0 Å². The maximum atomic E-state index is 12.3. The molecule has 0 aromatic heterocycles. The maximum Gasteiger partial charge on any atom is 0.242 e. The van der Waals surface area contributed by atoms with Gasteiger partial charge in [-0.15, -0.1) is 0 Å². The Hall–Kier alpha value is -1.24. The summed E-state index contributed by atoms with van der Waals surface area (Å²) in [5.41, 5.74) is -0.780. The summed E-state index contributed by atoms with van der Waals surface area (Å²) in [5, 5.41) is 9.68. The third-order valence-corrected chi connectivity index (χ3v) is 4.36. The SMILES string of the molecule is CC(=O)c1cccc(S(=O)(=O)N(C)CC(C)(C)O)c1. The van der Waals surface area contributed by atoms with Gasteiger partial charge in [-0.1, -0.05) is 12.1 Å². The molecule has 1 aromatic rings. The molecule has 0 aliphatic heterocycles. The molecule has 0 saturated heterocycles. The van der Waals surface area contributed by atoms with Gasteiger partial charge in [0.1, 0.15) is 0 Å². The van der Waals surface area contributed by atoms with Crippen LogP contribution in [0.5, 0.6) is 0 Å². The maximum absolute atomic E-state index is 12.3. The van der Waals surface area contributed by atoms with Gasteiger partial charge in [0.05, 0.1) is 10.5 Å². The molecular weight excluding hydrogens is 266 g/mol. The van der Waals surface area contributed by atoms with Crippen LogP contribution >= 0.6 is 0 Å². The second-order valence-electron chi connectivity index (χ2n) is 5.16. The van der Waals surface area contributed by atoms with E-state index in [9.17, 15) is 18.3 Å². The van der Waals surface area contributed by atoms with Gasteiger partial charge in [0.15, 0.2) is 5.78 Å². The smallest absolute Gasteiger partial charge is 0.242 e. The number of ketones is 1. The average Bonchev–Trinajstić information content (AvgIpc) is 2.26. The normalized spacial score (nSPS) is 12.7. The van der Waals surface area contributed by atoms with Crippen LogP contribution in [0.4, 0.5) is 0 Å². The molecule has 5 nitrogen and oxygen atoms in total. The van der Waals surface area contributed by atoms with Crippen molar-refractivity contribution in [3.05, 3.63) is 29.8 Å². The summed E-state index contributed by atoms with van der Waals surface area (Å²) in [6, 6.07) is 5.88. The van der Waals surface area contributed by atoms with Gasteiger partial charge in [0, 0.05) is 19.2 Å². The van der Waals surface area contributed by atoms with Crippen LogP contribution in [-0.2, 0) is 10.0 Å². The van der Waals surface area contributed by atoms with Crippen molar-refractivity contribution in [2.45, 2.75) is 31.3 Å². The molecule has 0 radical (unpaired) electrons. The fourth-order valence-electron chi connectivity index (χ4n) is 1.69. The van der Waals surface area contributed by atoms with E-state index in [4.69, 9.17) is 0 Å². The molecule has 6 heteroatoms. The number of Topliss-reactive ketones (excluding diaryl/α,β-unsaturated/α-hetero) is 1. The van der Waals surface area contributed by atoms with Gasteiger partial charge in [0.25, 0.3) is 0 Å². The zero-order valence-electron chi connectivity index (χ0n) is 11.5. The number of carbonyl (C=O) groups excluding carboxylic acids is 1. The molecule has 0 aliphatic carbocycles. The number of rotatable bonds is 5. The number of hydrogen-bond donors (Lipinski definition) is 1. The van der Waals surface area contributed by atoms with Gasteiger partial charge in [-0.25, -0.2) is 8.42 Å². The van der Waals surface area contributed by atoms with Gasteiger partial charge in [0.2, 0.25) is 10.0 Å². The molecule has 1 N–H and O–H groups in total. The highest BCUT2D eigenvalue weighted by molar-refractivity contribution is 7.89. The minimum atomic E-state index is -3.71. The van der Waals surface area contributed by atoms with E-state index < -0.39 is 15.6 Å². The van der Waals surface area contributed by atoms with Crippen molar-refractivity contribution in [3.8, 4) is 0 Å². The number of benzene rings is 1. The molecule has 1 rings (SSSR count). The van der Waals surface area contributed by atoms with Crippen LogP contribution in [0, 0.1) is 0 Å². The van der Waals surface area contributed by atoms with Crippen molar-refractivity contribution < 1.29 is 18.3 Å². The Kier molecular flexibility index (Phi) is 4.50. The van der Waals surface area contributed by atoms with Gasteiger partial charge in [-0.2, -0.15) is 4.31 Å². The molecule has 0 amide bonds. The lowest BCUT2D eigenvalue weighted by atomic mass is 10.1. The van der Waals surface area contributed by atoms with E-state index in [0.717, 1.165) is 4.31 Å². The van der Waals surface area contributed by atoms with Crippen molar-refractivity contribution in [2.75, 3.05) is 13.6 Å². The molecule has 0 unspecified atom stereocenters. The van der Waals surface area contributed by atoms with Crippen LogP contribution in [0.2, 0.25) is 0 Å². The van der Waals surface area contributed by atoms with Crippen LogP contribution in [0.3, 0.4) is 0 Å². The lowest BCUT2D eigenvalue weighted by molar-refractivity contribution is 0.0639. The summed E-state index contributed by atoms with van der Waals surface area (Å²) < 4.78 is 25.7. The van der Waals surface area contributed by atoms with Crippen molar-refractivity contribution in [1.82, 2.24) is 4.31 Å². The molecule has 0 bridgehead atoms. The Morgan fingerprint density at radius 1 is 1.37 bits per heavy atom. The van der Waals surface area contributed by atoms with Gasteiger partial charge in [-0.3, -0.25) is 4.79 Å². The van der Waals surface area contributed by atoms with E-state index in [2.05, 4.69) is 0 Å². The Morgan fingerprint density at radius 2 is 1.95 bits per heavy atom. The highest BCUT2D eigenvalue weighted by atomic mass is 32.2. The lowest BCUT2D eigenvalue weighted by Gasteiger charge is -2.25. The number of likely N-dealkylation sites (N-methyl/N-ethyl adjacent to an activating group) is 1. The van der Waals surface area contributed by atoms with Crippen molar-refractivity contribution in [3.63, 3.8) is 0 Å². The summed E-state index contributed by atoms with van der Waals surface area (Å²) >= 11 is 0. The number of carbonyl (C=O) groups is 1. The van der Waals surface area contributed by atoms with E-state index in [0.29, 0.717) is 5.56 Å². The molecule has 0 saturated carbocycles. The minimum absolute atomic E-state index is 0.0281. The molecule has 106 valence electrons. The first-order valence-corrected chi connectivity index (χ1v) is 7.28. The summed E-state index contributed by atoms with van der Waals surface area (Å²) in [5.74, 6) is -0.192. The third kappa shape index (κ3) is 4.12. The lowest BCUT2D eigenvalue weighted by Crippen LogP contribution is -2.39. The van der Waals surface area contributed by atoms with Gasteiger partial charge in [-0.05, 0) is 32.9 Å². The topological polar surface area (TPSA) is 74.7 Å². The largest absolute Gasteiger partial charge is 0.389 e. The summed E-state index contributed by atoms with van der Waals surface area (Å²) in [6.45, 7) is 4.42. The Bertz CT molecular complexity index is 573. The number of aliphatic hydroxyl groups is 1. The van der Waals surface area contributed by atoms with Crippen molar-refractivity contribution >= 4 is 15.8 Å². The molecule has 1 aromatic carbocycles. The van der Waals surface area contributed by atoms with E-state index in [1.165, 1.54) is 46.0 Å². The molecule has 19 heavy (non-hydrogen) atoms. The summed E-state index contributed by atoms with van der Waals surface area (Å²) in [4.78, 5) is 11.3. The van der Waals surface area contributed by atoms with Gasteiger partial charge < -0.3 is 5.11 Å². The number of sulfonamides is 1. The Balaban J connectivity index is 3.13. The van der Waals surface area contributed by atoms with E-state index in [1.807, 2.05) is 0 Å². The Labute approximate surface area is 113 Å². The first-order chi connectivity index (χ1) is 8.54. The first-order valence-electron chi connectivity index (χ1n) is 5.84. The molecular formula is C13H19NO4S. The first kappa shape index (κ1) is 15.8. The number of nitrogens with zero attached hydrogens (tertiary/aromatic N) is 1. The predicted molar refractivity (Wildman–Crippen MR) is 72.6 cm³/mol. The fourth-order valence-corrected chi connectivity index (χ4v) is 3.06. The molecule has 0 spiro atoms. The van der Waals surface area contributed by atoms with E-state index in [-0.39, 0.29) is 17.2 Å². The minimum Gasteiger partial charge on any atom is -0.389 e. The highest BCUT2D eigenvalue weighted by Gasteiger charge is 2.26. The third-order valence-electron chi connectivity index (χ3n) is 2.56. The van der Waals surface area contributed by atoms with Crippen LogP contribution in [-0.4, -0.2) is 42.8 Å². The zero-order chi connectivity index (χ0) is 14.8. The summed E-state index contributed by atoms with van der Waals surface area (Å²) in [7, 11) is -2.31. The predicted octanol–water partition coefficient (Wildman–Crippen LogP) is 1.28. The quantitative estimate of drug-likeness (QED) is 0.827. The molecule has 0 fully saturated rings.